The normalized spacial score (nSPS) is 24.1. The molecule has 1 saturated heterocycles. The molecule has 0 saturated carbocycles. The van der Waals surface area contributed by atoms with E-state index in [-0.39, 0.29) is 24.8 Å². The van der Waals surface area contributed by atoms with Crippen molar-refractivity contribution in [3.05, 3.63) is 60.2 Å². The molecule has 7 heteroatoms. The van der Waals surface area contributed by atoms with Crippen LogP contribution < -0.4 is 9.47 Å². The first-order valence-electron chi connectivity index (χ1n) is 8.98. The number of carbonyl (C=O) groups is 1. The Kier molecular flexibility index (Phi) is 4.78. The van der Waals surface area contributed by atoms with Gasteiger partial charge in [0.15, 0.2) is 21.3 Å². The molecule has 0 aromatic heterocycles. The summed E-state index contributed by atoms with van der Waals surface area (Å²) in [5.74, 6) is 0.867. The number of ether oxygens (including phenoxy) is 2. The van der Waals surface area contributed by atoms with Crippen LogP contribution >= 0.6 is 0 Å². The van der Waals surface area contributed by atoms with E-state index >= 15 is 0 Å². The van der Waals surface area contributed by atoms with Crippen LogP contribution in [-0.4, -0.2) is 50.8 Å². The first kappa shape index (κ1) is 17.9. The Labute approximate surface area is 158 Å². The van der Waals surface area contributed by atoms with Crippen LogP contribution in [0.1, 0.15) is 17.2 Å². The van der Waals surface area contributed by atoms with E-state index in [4.69, 9.17) is 9.47 Å². The van der Waals surface area contributed by atoms with Crippen molar-refractivity contribution in [1.29, 1.82) is 0 Å². The van der Waals surface area contributed by atoms with Gasteiger partial charge in [-0.2, -0.15) is 0 Å². The molecular weight excluding hydrogens is 366 g/mol. The second-order valence-electron chi connectivity index (χ2n) is 6.74. The molecule has 142 valence electrons. The third kappa shape index (κ3) is 3.64. The van der Waals surface area contributed by atoms with Crippen molar-refractivity contribution < 1.29 is 22.7 Å². The second kappa shape index (κ2) is 7.23. The number of sulfone groups is 1. The largest absolute Gasteiger partial charge is 0.485 e. The maximum absolute atomic E-state index is 12.9. The topological polar surface area (TPSA) is 72.9 Å². The molecule has 27 heavy (non-hydrogen) atoms. The minimum absolute atomic E-state index is 0.0531. The van der Waals surface area contributed by atoms with E-state index < -0.39 is 21.2 Å². The fraction of sp³-hybridized carbons (Fsp3) is 0.350. The van der Waals surface area contributed by atoms with E-state index in [9.17, 15) is 13.2 Å². The molecule has 0 N–H and O–H groups in total. The Morgan fingerprint density at radius 3 is 2.44 bits per heavy atom. The Morgan fingerprint density at radius 1 is 0.963 bits per heavy atom. The van der Waals surface area contributed by atoms with Gasteiger partial charge in [-0.15, -0.1) is 0 Å². The third-order valence-corrected chi connectivity index (χ3v) is 7.13. The standard InChI is InChI=1S/C20H21NO5S/c22-20(18-14-25-16-8-4-5-9-17(16)26-18)21-11-10-19(27(23,24)13-12-21)15-6-2-1-3-7-15/h1-9,18-19H,10-14H2. The molecule has 4 rings (SSSR count). The minimum Gasteiger partial charge on any atom is -0.485 e. The number of nitrogens with zero attached hydrogens (tertiary/aromatic N) is 1. The van der Waals surface area contributed by atoms with E-state index in [0.29, 0.717) is 24.5 Å². The number of rotatable bonds is 2. The molecule has 0 radical (unpaired) electrons. The molecule has 2 heterocycles. The number of amides is 1. The summed E-state index contributed by atoms with van der Waals surface area (Å²) in [6.45, 7) is 0.673. The predicted octanol–water partition coefficient (Wildman–Crippen LogP) is 2.21. The van der Waals surface area contributed by atoms with E-state index in [2.05, 4.69) is 0 Å². The Morgan fingerprint density at radius 2 is 1.67 bits per heavy atom. The fourth-order valence-corrected chi connectivity index (χ4v) is 5.35. The summed E-state index contributed by atoms with van der Waals surface area (Å²) in [5, 5.41) is -0.583. The van der Waals surface area contributed by atoms with Gasteiger partial charge in [-0.3, -0.25) is 4.79 Å². The van der Waals surface area contributed by atoms with Gasteiger partial charge in [0.25, 0.3) is 5.91 Å². The quantitative estimate of drug-likeness (QED) is 0.790. The van der Waals surface area contributed by atoms with Gasteiger partial charge >= 0.3 is 0 Å². The lowest BCUT2D eigenvalue weighted by molar-refractivity contribution is -0.140. The lowest BCUT2D eigenvalue weighted by Crippen LogP contribution is -2.47. The van der Waals surface area contributed by atoms with Gasteiger partial charge in [-0.1, -0.05) is 42.5 Å². The first-order valence-corrected chi connectivity index (χ1v) is 10.7. The summed E-state index contributed by atoms with van der Waals surface area (Å²) in [6.07, 6.45) is -0.377. The van der Waals surface area contributed by atoms with Crippen molar-refractivity contribution in [2.24, 2.45) is 0 Å². The van der Waals surface area contributed by atoms with Crippen LogP contribution in [-0.2, 0) is 14.6 Å². The Balaban J connectivity index is 1.49. The highest BCUT2D eigenvalue weighted by Crippen LogP contribution is 2.32. The smallest absolute Gasteiger partial charge is 0.267 e. The van der Waals surface area contributed by atoms with Crippen LogP contribution in [0.3, 0.4) is 0 Å². The molecule has 1 amide bonds. The lowest BCUT2D eigenvalue weighted by Gasteiger charge is -2.30. The number of carbonyl (C=O) groups excluding carboxylic acids is 1. The second-order valence-corrected chi connectivity index (χ2v) is 9.05. The molecule has 1 fully saturated rings. The van der Waals surface area contributed by atoms with Gasteiger partial charge in [0.2, 0.25) is 6.10 Å². The maximum Gasteiger partial charge on any atom is 0.267 e. The predicted molar refractivity (Wildman–Crippen MR) is 101 cm³/mol. The van der Waals surface area contributed by atoms with Crippen LogP contribution in [0.2, 0.25) is 0 Å². The molecular formula is C20H21NO5S. The zero-order valence-electron chi connectivity index (χ0n) is 14.8. The lowest BCUT2D eigenvalue weighted by atomic mass is 10.1. The van der Waals surface area contributed by atoms with Crippen LogP contribution in [0.25, 0.3) is 0 Å². The highest BCUT2D eigenvalue weighted by atomic mass is 32.2. The zero-order chi connectivity index (χ0) is 18.9. The molecule has 2 aromatic carbocycles. The molecule has 0 spiro atoms. The van der Waals surface area contributed by atoms with Gasteiger partial charge in [0.05, 0.1) is 11.0 Å². The van der Waals surface area contributed by atoms with Crippen molar-refractivity contribution >= 4 is 15.7 Å². The average molecular weight is 387 g/mol. The molecule has 2 aromatic rings. The number of hydrogen-bond donors (Lipinski definition) is 0. The Hall–Kier alpha value is -2.54. The maximum atomic E-state index is 12.9. The molecule has 2 aliphatic rings. The van der Waals surface area contributed by atoms with E-state index in [1.165, 1.54) is 0 Å². The number of fused-ring (bicyclic) bond motifs is 1. The fourth-order valence-electron chi connectivity index (χ4n) is 3.55. The highest BCUT2D eigenvalue weighted by molar-refractivity contribution is 7.91. The van der Waals surface area contributed by atoms with Gasteiger partial charge in [-0.05, 0) is 24.1 Å². The zero-order valence-corrected chi connectivity index (χ0v) is 15.6. The van der Waals surface area contributed by atoms with Crippen LogP contribution in [0.4, 0.5) is 0 Å². The van der Waals surface area contributed by atoms with E-state index in [1.807, 2.05) is 42.5 Å². The summed E-state index contributed by atoms with van der Waals surface area (Å²) in [5.41, 5.74) is 0.776. The summed E-state index contributed by atoms with van der Waals surface area (Å²) in [4.78, 5) is 14.5. The monoisotopic (exact) mass is 387 g/mol. The van der Waals surface area contributed by atoms with Crippen molar-refractivity contribution in [3.8, 4) is 11.5 Å². The summed E-state index contributed by atoms with van der Waals surface area (Å²) < 4.78 is 36.8. The third-order valence-electron chi connectivity index (χ3n) is 5.01. The first-order chi connectivity index (χ1) is 13.0. The summed E-state index contributed by atoms with van der Waals surface area (Å²) >= 11 is 0. The van der Waals surface area contributed by atoms with E-state index in [0.717, 1.165) is 5.56 Å². The van der Waals surface area contributed by atoms with Crippen LogP contribution in [0.5, 0.6) is 11.5 Å². The molecule has 2 atom stereocenters. The summed E-state index contributed by atoms with van der Waals surface area (Å²) in [6, 6.07) is 16.4. The molecule has 0 bridgehead atoms. The van der Waals surface area contributed by atoms with Crippen molar-refractivity contribution in [1.82, 2.24) is 4.90 Å². The van der Waals surface area contributed by atoms with Crippen LogP contribution in [0, 0.1) is 0 Å². The van der Waals surface area contributed by atoms with Gasteiger partial charge in [0.1, 0.15) is 6.61 Å². The van der Waals surface area contributed by atoms with Crippen molar-refractivity contribution in [2.75, 3.05) is 25.4 Å². The van der Waals surface area contributed by atoms with Gasteiger partial charge in [-0.25, -0.2) is 8.42 Å². The number of para-hydroxylation sites is 2. The number of benzene rings is 2. The average Bonchev–Trinajstić information content (AvgIpc) is 2.85. The van der Waals surface area contributed by atoms with Gasteiger partial charge in [0, 0.05) is 13.1 Å². The van der Waals surface area contributed by atoms with Gasteiger partial charge < -0.3 is 14.4 Å². The molecule has 6 nitrogen and oxygen atoms in total. The van der Waals surface area contributed by atoms with Crippen LogP contribution in [0.15, 0.2) is 54.6 Å². The SMILES string of the molecule is O=C(C1COc2ccccc2O1)N1CCC(c2ccccc2)S(=O)(=O)CC1. The van der Waals surface area contributed by atoms with Crippen molar-refractivity contribution in [3.63, 3.8) is 0 Å². The summed E-state index contributed by atoms with van der Waals surface area (Å²) in [7, 11) is -3.32. The van der Waals surface area contributed by atoms with Crippen molar-refractivity contribution in [2.45, 2.75) is 17.8 Å². The highest BCUT2D eigenvalue weighted by Gasteiger charge is 2.36. The minimum atomic E-state index is -3.32. The van der Waals surface area contributed by atoms with E-state index in [1.54, 1.807) is 17.0 Å². The molecule has 0 aliphatic carbocycles. The Bertz CT molecular complexity index is 928. The molecule has 2 unspecified atom stereocenters. The molecule has 2 aliphatic heterocycles. The number of hydrogen-bond acceptors (Lipinski definition) is 5.